The maximum atomic E-state index is 8.41. The summed E-state index contributed by atoms with van der Waals surface area (Å²) in [5.74, 6) is 0.188. The lowest BCUT2D eigenvalue weighted by atomic mass is 10.1. The maximum absolute atomic E-state index is 8.41. The lowest BCUT2D eigenvalue weighted by molar-refractivity contribution is 1.21. The van der Waals surface area contributed by atoms with Crippen molar-refractivity contribution in [2.75, 3.05) is 5.73 Å². The van der Waals surface area contributed by atoms with Gasteiger partial charge in [0.25, 0.3) is 0 Å². The summed E-state index contributed by atoms with van der Waals surface area (Å²) in [6.45, 7) is 0. The lowest BCUT2D eigenvalue weighted by Crippen LogP contribution is -2.12. The predicted octanol–water partition coefficient (Wildman–Crippen LogP) is -1.81. The fraction of sp³-hybridized carbons (Fsp3) is 0. The van der Waals surface area contributed by atoms with Gasteiger partial charge in [-0.05, 0) is 0 Å². The van der Waals surface area contributed by atoms with Crippen LogP contribution in [0, 0.1) is 11.3 Å². The van der Waals surface area contributed by atoms with Gasteiger partial charge in [0, 0.05) is 11.8 Å². The molecule has 1 aromatic rings. The topological polar surface area (TPSA) is 75.6 Å². The fourth-order valence-corrected chi connectivity index (χ4v) is 0.569. The molecule has 0 amide bonds. The summed E-state index contributed by atoms with van der Waals surface area (Å²) >= 11 is 0. The Kier molecular flexibility index (Phi) is 1.54. The van der Waals surface area contributed by atoms with Crippen LogP contribution < -0.4 is 11.3 Å². The van der Waals surface area contributed by atoms with Crippen LogP contribution in [0.25, 0.3) is 0 Å². The van der Waals surface area contributed by atoms with Gasteiger partial charge >= 0.3 is 0 Å². The maximum Gasteiger partial charge on any atom is 0.182 e. The molecule has 0 aliphatic carbocycles. The highest BCUT2D eigenvalue weighted by Gasteiger charge is 1.98. The number of nitrogen functional groups attached to an aromatic ring is 1. The SMILES string of the molecule is Bc1cnc(N)c(C#N)n1. The number of nitriles is 1. The van der Waals surface area contributed by atoms with Gasteiger partial charge in [0.1, 0.15) is 6.07 Å². The molecule has 0 radical (unpaired) electrons. The van der Waals surface area contributed by atoms with Crippen LogP contribution in [0.15, 0.2) is 6.20 Å². The van der Waals surface area contributed by atoms with Crippen molar-refractivity contribution < 1.29 is 0 Å². The van der Waals surface area contributed by atoms with E-state index < -0.39 is 0 Å². The molecule has 0 aliphatic heterocycles. The quantitative estimate of drug-likeness (QED) is 0.422. The molecular formula is C5H5BN4. The second-order valence-corrected chi connectivity index (χ2v) is 1.86. The molecule has 0 fully saturated rings. The average Bonchev–Trinajstić information content (AvgIpc) is 1.94. The number of hydrogen-bond donors (Lipinski definition) is 1. The molecule has 0 saturated heterocycles. The third-order valence-corrected chi connectivity index (χ3v) is 1.03. The van der Waals surface area contributed by atoms with E-state index in [1.54, 1.807) is 7.85 Å². The first kappa shape index (κ1) is 6.55. The van der Waals surface area contributed by atoms with Crippen LogP contribution in [0.5, 0.6) is 0 Å². The van der Waals surface area contributed by atoms with E-state index in [1.807, 2.05) is 6.07 Å². The van der Waals surface area contributed by atoms with Crippen molar-refractivity contribution in [3.8, 4) is 6.07 Å². The van der Waals surface area contributed by atoms with Crippen LogP contribution in [0.3, 0.4) is 0 Å². The van der Waals surface area contributed by atoms with Crippen LogP contribution in [-0.2, 0) is 0 Å². The van der Waals surface area contributed by atoms with E-state index in [0.29, 0.717) is 5.59 Å². The molecule has 48 valence electrons. The van der Waals surface area contributed by atoms with Crippen molar-refractivity contribution >= 4 is 19.3 Å². The molecule has 0 saturated carbocycles. The van der Waals surface area contributed by atoms with Gasteiger partial charge in [-0.2, -0.15) is 5.26 Å². The number of rotatable bonds is 0. The minimum atomic E-state index is 0.188. The number of nitrogens with zero attached hydrogens (tertiary/aromatic N) is 3. The van der Waals surface area contributed by atoms with Gasteiger partial charge in [-0.3, -0.25) is 0 Å². The summed E-state index contributed by atoms with van der Waals surface area (Å²) in [6.07, 6.45) is 1.52. The van der Waals surface area contributed by atoms with E-state index >= 15 is 0 Å². The molecule has 0 aliphatic rings. The molecular weight excluding hydrogens is 127 g/mol. The van der Waals surface area contributed by atoms with E-state index in [1.165, 1.54) is 6.20 Å². The number of aromatic nitrogens is 2. The summed E-state index contributed by atoms with van der Waals surface area (Å²) in [6, 6.07) is 1.84. The van der Waals surface area contributed by atoms with Gasteiger partial charge in [-0.15, -0.1) is 0 Å². The molecule has 0 unspecified atom stereocenters. The van der Waals surface area contributed by atoms with Gasteiger partial charge in [-0.25, -0.2) is 9.97 Å². The summed E-state index contributed by atoms with van der Waals surface area (Å²) in [5, 5.41) is 8.41. The van der Waals surface area contributed by atoms with E-state index in [2.05, 4.69) is 9.97 Å². The average molecular weight is 132 g/mol. The van der Waals surface area contributed by atoms with Crippen LogP contribution >= 0.6 is 0 Å². The highest BCUT2D eigenvalue weighted by atomic mass is 14.9. The zero-order valence-corrected chi connectivity index (χ0v) is 5.50. The first-order valence-electron chi connectivity index (χ1n) is 2.73. The van der Waals surface area contributed by atoms with E-state index in [-0.39, 0.29) is 11.5 Å². The molecule has 1 aromatic heterocycles. The summed E-state index contributed by atoms with van der Waals surface area (Å²) in [5.41, 5.74) is 6.20. The largest absolute Gasteiger partial charge is 0.381 e. The van der Waals surface area contributed by atoms with Gasteiger partial charge in [0.05, 0.1) is 0 Å². The minimum Gasteiger partial charge on any atom is -0.381 e. The third-order valence-electron chi connectivity index (χ3n) is 1.03. The van der Waals surface area contributed by atoms with E-state index in [0.717, 1.165) is 0 Å². The van der Waals surface area contributed by atoms with Crippen molar-refractivity contribution in [2.45, 2.75) is 0 Å². The minimum absolute atomic E-state index is 0.188. The molecule has 4 nitrogen and oxygen atoms in total. The van der Waals surface area contributed by atoms with Crippen LogP contribution in [0.2, 0.25) is 0 Å². The number of anilines is 1. The van der Waals surface area contributed by atoms with Gasteiger partial charge in [0.2, 0.25) is 0 Å². The standard InChI is InChI=1S/C5H5BN4/c6-4-2-9-5(8)3(1-7)10-4/h2H,6H2,(H2,8,9). The Morgan fingerprint density at radius 2 is 2.40 bits per heavy atom. The molecule has 2 N–H and O–H groups in total. The van der Waals surface area contributed by atoms with Crippen LogP contribution in [0.4, 0.5) is 5.82 Å². The van der Waals surface area contributed by atoms with Crippen molar-refractivity contribution in [3.63, 3.8) is 0 Å². The van der Waals surface area contributed by atoms with Crippen molar-refractivity contribution in [1.29, 1.82) is 5.26 Å². The van der Waals surface area contributed by atoms with Crippen LogP contribution in [-0.4, -0.2) is 17.8 Å². The summed E-state index contributed by atoms with van der Waals surface area (Å²) in [4.78, 5) is 7.58. The smallest absolute Gasteiger partial charge is 0.182 e. The lowest BCUT2D eigenvalue weighted by Gasteiger charge is -1.94. The van der Waals surface area contributed by atoms with Crippen molar-refractivity contribution in [1.82, 2.24) is 9.97 Å². The Bertz CT molecular complexity index is 290. The Labute approximate surface area is 59.1 Å². The van der Waals surface area contributed by atoms with Gasteiger partial charge in [0.15, 0.2) is 19.4 Å². The van der Waals surface area contributed by atoms with Gasteiger partial charge < -0.3 is 5.73 Å². The normalized spacial score (nSPS) is 8.70. The van der Waals surface area contributed by atoms with E-state index in [9.17, 15) is 0 Å². The van der Waals surface area contributed by atoms with Crippen molar-refractivity contribution in [2.24, 2.45) is 0 Å². The predicted molar refractivity (Wildman–Crippen MR) is 39.3 cm³/mol. The zero-order valence-electron chi connectivity index (χ0n) is 5.50. The first-order chi connectivity index (χ1) is 4.74. The Morgan fingerprint density at radius 3 is 2.90 bits per heavy atom. The summed E-state index contributed by atoms with van der Waals surface area (Å²) in [7, 11) is 1.76. The monoisotopic (exact) mass is 132 g/mol. The molecule has 0 bridgehead atoms. The first-order valence-corrected chi connectivity index (χ1v) is 2.73. The number of nitrogens with two attached hydrogens (primary N) is 1. The molecule has 0 aromatic carbocycles. The van der Waals surface area contributed by atoms with Gasteiger partial charge in [-0.1, -0.05) is 0 Å². The molecule has 0 spiro atoms. The highest BCUT2D eigenvalue weighted by Crippen LogP contribution is 1.96. The molecule has 5 heteroatoms. The number of hydrogen-bond acceptors (Lipinski definition) is 4. The fourth-order valence-electron chi connectivity index (χ4n) is 0.569. The second kappa shape index (κ2) is 2.35. The molecule has 0 atom stereocenters. The molecule has 10 heavy (non-hydrogen) atoms. The van der Waals surface area contributed by atoms with E-state index in [4.69, 9.17) is 11.0 Å². The molecule has 1 rings (SSSR count). The Hall–Kier alpha value is -1.57. The third kappa shape index (κ3) is 1.05. The molecule has 1 heterocycles. The summed E-state index contributed by atoms with van der Waals surface area (Å²) < 4.78 is 0. The van der Waals surface area contributed by atoms with Crippen molar-refractivity contribution in [3.05, 3.63) is 11.9 Å². The highest BCUT2D eigenvalue weighted by molar-refractivity contribution is 6.30. The Morgan fingerprint density at radius 1 is 1.70 bits per heavy atom. The second-order valence-electron chi connectivity index (χ2n) is 1.86. The van der Waals surface area contributed by atoms with Crippen LogP contribution in [0.1, 0.15) is 5.69 Å². The zero-order chi connectivity index (χ0) is 7.56. The Balaban J connectivity index is 3.25.